The SMILES string of the molecule is CC(F)(F)C(F)(F)/C(F)=C(\F)C(F)(F)C(F)(F)F. The smallest absolute Gasteiger partial charge is 0.202 e. The summed E-state index contributed by atoms with van der Waals surface area (Å²) in [5.74, 6) is -26.6. The van der Waals surface area contributed by atoms with Crippen LogP contribution in [0.3, 0.4) is 0 Å². The van der Waals surface area contributed by atoms with Crippen LogP contribution in [0, 0.1) is 0 Å². The minimum atomic E-state index is -6.74. The first-order valence-electron chi connectivity index (χ1n) is 3.83. The van der Waals surface area contributed by atoms with Gasteiger partial charge in [-0.3, -0.25) is 0 Å². The molecule has 11 heteroatoms. The molecule has 0 aromatic rings. The van der Waals surface area contributed by atoms with E-state index in [1.54, 1.807) is 0 Å². The highest BCUT2D eigenvalue weighted by atomic mass is 19.4. The van der Waals surface area contributed by atoms with Gasteiger partial charge in [-0.25, -0.2) is 8.78 Å². The zero-order valence-corrected chi connectivity index (χ0v) is 8.16. The third-order valence-electron chi connectivity index (χ3n) is 1.65. The zero-order chi connectivity index (χ0) is 15.2. The molecule has 0 N–H and O–H groups in total. The minimum Gasteiger partial charge on any atom is -0.202 e. The van der Waals surface area contributed by atoms with Gasteiger partial charge in [0.1, 0.15) is 0 Å². The van der Waals surface area contributed by atoms with Crippen molar-refractivity contribution in [2.24, 2.45) is 0 Å². The molecule has 0 fully saturated rings. The molecule has 108 valence electrons. The Bertz CT molecular complexity index is 307. The lowest BCUT2D eigenvalue weighted by Gasteiger charge is -2.24. The summed E-state index contributed by atoms with van der Waals surface area (Å²) >= 11 is 0. The van der Waals surface area contributed by atoms with Gasteiger partial charge in [0.25, 0.3) is 0 Å². The fourth-order valence-corrected chi connectivity index (χ4v) is 0.593. The summed E-state index contributed by atoms with van der Waals surface area (Å²) in [7, 11) is 0. The predicted molar refractivity (Wildman–Crippen MR) is 35.8 cm³/mol. The fraction of sp³-hybridized carbons (Fsp3) is 0.714. The molecule has 0 bridgehead atoms. The van der Waals surface area contributed by atoms with Crippen molar-refractivity contribution in [2.75, 3.05) is 0 Å². The first-order valence-corrected chi connectivity index (χ1v) is 3.83. The Morgan fingerprint density at radius 1 is 0.611 bits per heavy atom. The molecular formula is C7H3F11. The minimum absolute atomic E-state index is 0.675. The molecule has 0 amide bonds. The van der Waals surface area contributed by atoms with Gasteiger partial charge >= 0.3 is 23.9 Å². The Kier molecular flexibility index (Phi) is 4.02. The lowest BCUT2D eigenvalue weighted by molar-refractivity contribution is -0.273. The Hall–Kier alpha value is -1.03. The predicted octanol–water partition coefficient (Wildman–Crippen LogP) is 4.63. The molecule has 0 radical (unpaired) electrons. The monoisotopic (exact) mass is 296 g/mol. The van der Waals surface area contributed by atoms with E-state index in [4.69, 9.17) is 0 Å². The Morgan fingerprint density at radius 2 is 0.889 bits per heavy atom. The molecular weight excluding hydrogens is 293 g/mol. The molecule has 18 heavy (non-hydrogen) atoms. The zero-order valence-electron chi connectivity index (χ0n) is 8.16. The number of hydrogen-bond acceptors (Lipinski definition) is 0. The molecule has 0 aliphatic carbocycles. The van der Waals surface area contributed by atoms with Gasteiger partial charge in [-0.2, -0.15) is 39.5 Å². The molecule has 0 unspecified atom stereocenters. The molecule has 0 aromatic carbocycles. The van der Waals surface area contributed by atoms with Crippen LogP contribution in [0.5, 0.6) is 0 Å². The second kappa shape index (κ2) is 4.26. The van der Waals surface area contributed by atoms with Gasteiger partial charge in [-0.05, 0) is 0 Å². The van der Waals surface area contributed by atoms with Crippen molar-refractivity contribution in [1.82, 2.24) is 0 Å². The number of rotatable bonds is 3. The third kappa shape index (κ3) is 2.69. The standard InChI is InChI=1S/C7H3F11/c1-4(10,11)5(12,13)2(8)3(9)6(14,15)7(16,17)18/h1H3/b3-2+. The summed E-state index contributed by atoms with van der Waals surface area (Å²) in [4.78, 5) is 0. The van der Waals surface area contributed by atoms with Crippen LogP contribution in [0.4, 0.5) is 48.3 Å². The average Bonchev–Trinajstić information content (AvgIpc) is 2.11. The van der Waals surface area contributed by atoms with Gasteiger partial charge in [0, 0.05) is 6.92 Å². The van der Waals surface area contributed by atoms with Crippen molar-refractivity contribution >= 4 is 0 Å². The van der Waals surface area contributed by atoms with Crippen molar-refractivity contribution in [3.05, 3.63) is 11.7 Å². The molecule has 0 rings (SSSR count). The Morgan fingerprint density at radius 3 is 1.11 bits per heavy atom. The first kappa shape index (κ1) is 17.0. The van der Waals surface area contributed by atoms with Crippen molar-refractivity contribution < 1.29 is 48.3 Å². The van der Waals surface area contributed by atoms with Gasteiger partial charge in [-0.15, -0.1) is 0 Å². The van der Waals surface area contributed by atoms with Crippen LogP contribution in [-0.4, -0.2) is 23.9 Å². The molecule has 0 nitrogen and oxygen atoms in total. The van der Waals surface area contributed by atoms with E-state index in [9.17, 15) is 48.3 Å². The second-order valence-electron chi connectivity index (χ2n) is 3.16. The van der Waals surface area contributed by atoms with Crippen LogP contribution in [0.2, 0.25) is 0 Å². The van der Waals surface area contributed by atoms with Crippen LogP contribution >= 0.6 is 0 Å². The van der Waals surface area contributed by atoms with Gasteiger partial charge in [0.15, 0.2) is 0 Å². The highest BCUT2D eigenvalue weighted by Gasteiger charge is 2.66. The van der Waals surface area contributed by atoms with Gasteiger partial charge in [-0.1, -0.05) is 0 Å². The van der Waals surface area contributed by atoms with E-state index in [2.05, 4.69) is 0 Å². The molecule has 0 atom stereocenters. The van der Waals surface area contributed by atoms with E-state index in [1.165, 1.54) is 0 Å². The number of hydrogen-bond donors (Lipinski definition) is 0. The summed E-state index contributed by atoms with van der Waals surface area (Å²) in [6, 6.07) is 0. The number of halogens is 11. The van der Waals surface area contributed by atoms with E-state index in [-0.39, 0.29) is 0 Å². The normalized spacial score (nSPS) is 16.7. The van der Waals surface area contributed by atoms with Gasteiger partial charge in [0.05, 0.1) is 0 Å². The van der Waals surface area contributed by atoms with E-state index in [0.717, 1.165) is 0 Å². The van der Waals surface area contributed by atoms with Gasteiger partial charge < -0.3 is 0 Å². The third-order valence-corrected chi connectivity index (χ3v) is 1.65. The fourth-order valence-electron chi connectivity index (χ4n) is 0.593. The second-order valence-corrected chi connectivity index (χ2v) is 3.16. The van der Waals surface area contributed by atoms with Gasteiger partial charge in [0.2, 0.25) is 11.7 Å². The Balaban J connectivity index is 5.81. The van der Waals surface area contributed by atoms with Crippen LogP contribution in [0.25, 0.3) is 0 Å². The molecule has 0 heterocycles. The summed E-state index contributed by atoms with van der Waals surface area (Å²) in [5.41, 5.74) is 0. The van der Waals surface area contributed by atoms with E-state index < -0.39 is 42.5 Å². The van der Waals surface area contributed by atoms with Crippen molar-refractivity contribution in [1.29, 1.82) is 0 Å². The van der Waals surface area contributed by atoms with Crippen LogP contribution in [0.1, 0.15) is 6.92 Å². The van der Waals surface area contributed by atoms with Crippen molar-refractivity contribution in [2.45, 2.75) is 30.9 Å². The molecule has 0 aliphatic heterocycles. The molecule has 0 aliphatic rings. The summed E-state index contributed by atoms with van der Waals surface area (Å²) < 4.78 is 132. The summed E-state index contributed by atoms with van der Waals surface area (Å²) in [6.07, 6.45) is -6.74. The van der Waals surface area contributed by atoms with Crippen molar-refractivity contribution in [3.63, 3.8) is 0 Å². The lowest BCUT2D eigenvalue weighted by Crippen LogP contribution is -2.43. The van der Waals surface area contributed by atoms with Crippen molar-refractivity contribution in [3.8, 4) is 0 Å². The van der Waals surface area contributed by atoms with E-state index in [1.807, 2.05) is 0 Å². The maximum absolute atomic E-state index is 12.4. The maximum atomic E-state index is 12.4. The summed E-state index contributed by atoms with van der Waals surface area (Å²) in [6.45, 7) is -0.675. The molecule has 0 aromatic heterocycles. The molecule has 0 saturated carbocycles. The highest BCUT2D eigenvalue weighted by Crippen LogP contribution is 2.48. The number of alkyl halides is 9. The quantitative estimate of drug-likeness (QED) is 0.666. The number of allylic oxidation sites excluding steroid dienone is 2. The van der Waals surface area contributed by atoms with Crippen LogP contribution in [-0.2, 0) is 0 Å². The lowest BCUT2D eigenvalue weighted by atomic mass is 10.1. The highest BCUT2D eigenvalue weighted by molar-refractivity contribution is 5.20. The topological polar surface area (TPSA) is 0 Å². The molecule has 0 spiro atoms. The Labute approximate surface area is 92.1 Å². The first-order chi connectivity index (χ1) is 7.57. The molecule has 0 saturated heterocycles. The summed E-state index contributed by atoms with van der Waals surface area (Å²) in [5, 5.41) is 0. The average molecular weight is 296 g/mol. The van der Waals surface area contributed by atoms with E-state index >= 15 is 0 Å². The van der Waals surface area contributed by atoms with Crippen LogP contribution in [0.15, 0.2) is 11.7 Å². The van der Waals surface area contributed by atoms with E-state index in [0.29, 0.717) is 0 Å². The largest absolute Gasteiger partial charge is 0.460 e. The van der Waals surface area contributed by atoms with Crippen LogP contribution < -0.4 is 0 Å². The maximum Gasteiger partial charge on any atom is 0.460 e.